The van der Waals surface area contributed by atoms with Crippen LogP contribution >= 0.6 is 0 Å². The van der Waals surface area contributed by atoms with Crippen LogP contribution in [0.1, 0.15) is 24.2 Å². The molecular weight excluding hydrogens is 358 g/mol. The van der Waals surface area contributed by atoms with Crippen molar-refractivity contribution in [3.63, 3.8) is 0 Å². The Morgan fingerprint density at radius 3 is 2.43 bits per heavy atom. The summed E-state index contributed by atoms with van der Waals surface area (Å²) < 4.78 is 16.1. The van der Waals surface area contributed by atoms with E-state index in [0.29, 0.717) is 30.2 Å². The third kappa shape index (κ3) is 4.06. The van der Waals surface area contributed by atoms with E-state index in [1.54, 1.807) is 14.2 Å². The zero-order valence-corrected chi connectivity index (χ0v) is 16.2. The van der Waals surface area contributed by atoms with Gasteiger partial charge in [0.2, 0.25) is 11.8 Å². The molecule has 2 aromatic rings. The van der Waals surface area contributed by atoms with Gasteiger partial charge in [-0.3, -0.25) is 9.59 Å². The van der Waals surface area contributed by atoms with E-state index in [1.807, 2.05) is 48.5 Å². The Bertz CT molecular complexity index is 891. The fourth-order valence-electron chi connectivity index (χ4n) is 3.37. The second-order valence-corrected chi connectivity index (χ2v) is 6.59. The molecule has 0 unspecified atom stereocenters. The molecule has 0 aromatic heterocycles. The van der Waals surface area contributed by atoms with E-state index in [0.717, 1.165) is 11.1 Å². The number of carbonyl (C=O) groups excluding carboxylic acids is 2. The van der Waals surface area contributed by atoms with Gasteiger partial charge >= 0.3 is 5.97 Å². The maximum absolute atomic E-state index is 12.3. The molecule has 28 heavy (non-hydrogen) atoms. The van der Waals surface area contributed by atoms with Gasteiger partial charge in [-0.25, -0.2) is 4.99 Å². The first-order chi connectivity index (χ1) is 13.5. The monoisotopic (exact) mass is 382 g/mol. The predicted molar refractivity (Wildman–Crippen MR) is 104 cm³/mol. The number of carbonyl (C=O) groups is 2. The Morgan fingerprint density at radius 1 is 1.07 bits per heavy atom. The molecule has 0 radical (unpaired) electrons. The Kier molecular flexibility index (Phi) is 6.09. The first kappa shape index (κ1) is 19.6. The van der Waals surface area contributed by atoms with Crippen molar-refractivity contribution < 1.29 is 28.8 Å². The van der Waals surface area contributed by atoms with Gasteiger partial charge in [0.25, 0.3) is 0 Å². The fourth-order valence-corrected chi connectivity index (χ4v) is 3.37. The average molecular weight is 382 g/mol. The van der Waals surface area contributed by atoms with Crippen LogP contribution in [-0.2, 0) is 20.7 Å². The first-order valence-corrected chi connectivity index (χ1v) is 9.12. The minimum atomic E-state index is -0.879. The molecule has 0 aliphatic carbocycles. The van der Waals surface area contributed by atoms with Crippen molar-refractivity contribution in [2.24, 2.45) is 5.92 Å². The summed E-state index contributed by atoms with van der Waals surface area (Å²) in [5, 5.41) is 0. The molecule has 0 amide bonds. The second-order valence-electron chi connectivity index (χ2n) is 6.59. The van der Waals surface area contributed by atoms with Crippen molar-refractivity contribution in [1.82, 2.24) is 0 Å². The lowest BCUT2D eigenvalue weighted by molar-refractivity contribution is -0.460. The third-order valence-electron chi connectivity index (χ3n) is 4.76. The van der Waals surface area contributed by atoms with Gasteiger partial charge in [-0.2, -0.15) is 0 Å². The highest BCUT2D eigenvalue weighted by Gasteiger charge is 2.49. The highest BCUT2D eigenvalue weighted by molar-refractivity contribution is 6.21. The van der Waals surface area contributed by atoms with Crippen LogP contribution in [0.2, 0.25) is 0 Å². The molecule has 1 fully saturated rings. The number of hydrogen-bond donors (Lipinski definition) is 1. The van der Waals surface area contributed by atoms with Crippen molar-refractivity contribution in [3.8, 4) is 11.5 Å². The Balaban J connectivity index is 1.82. The quantitative estimate of drug-likeness (QED) is 0.577. The van der Waals surface area contributed by atoms with E-state index in [9.17, 15) is 9.59 Å². The number of esters is 1. The van der Waals surface area contributed by atoms with Crippen LogP contribution in [0.3, 0.4) is 0 Å². The lowest BCUT2D eigenvalue weighted by Gasteiger charge is -2.09. The van der Waals surface area contributed by atoms with Crippen LogP contribution < -0.4 is 14.5 Å². The Morgan fingerprint density at radius 2 is 1.79 bits per heavy atom. The van der Waals surface area contributed by atoms with Crippen molar-refractivity contribution in [3.05, 3.63) is 59.7 Å². The minimum Gasteiger partial charge on any atom is -0.493 e. The molecular formula is C22H24NO5+. The van der Waals surface area contributed by atoms with Gasteiger partial charge in [0, 0.05) is 12.0 Å². The molecule has 0 bridgehead atoms. The summed E-state index contributed by atoms with van der Waals surface area (Å²) in [5.41, 5.74) is 2.49. The topological polar surface area (TPSA) is 75.8 Å². The number of nitrogens with one attached hydrogen (secondary N) is 1. The summed E-state index contributed by atoms with van der Waals surface area (Å²) in [7, 11) is 3.19. The zero-order valence-electron chi connectivity index (χ0n) is 16.2. The highest BCUT2D eigenvalue weighted by atomic mass is 16.6. The van der Waals surface area contributed by atoms with Gasteiger partial charge in [0.15, 0.2) is 23.2 Å². The van der Waals surface area contributed by atoms with Crippen LogP contribution in [0.4, 0.5) is 0 Å². The van der Waals surface area contributed by atoms with Gasteiger partial charge in [-0.1, -0.05) is 36.4 Å². The number of ether oxygens (including phenoxy) is 3. The van der Waals surface area contributed by atoms with Crippen molar-refractivity contribution in [2.75, 3.05) is 20.8 Å². The first-order valence-electron chi connectivity index (χ1n) is 9.12. The van der Waals surface area contributed by atoms with Gasteiger partial charge in [0.05, 0.1) is 14.2 Å². The van der Waals surface area contributed by atoms with Crippen LogP contribution in [0.25, 0.3) is 0 Å². The molecule has 1 heterocycles. The minimum absolute atomic E-state index is 0.225. The van der Waals surface area contributed by atoms with E-state index < -0.39 is 18.0 Å². The van der Waals surface area contributed by atoms with E-state index in [2.05, 4.69) is 4.99 Å². The smallest absolute Gasteiger partial charge is 0.328 e. The SMILES string of the molecule is COc1ccc(CC[NH+]=C2[C@H](C(C)=O)C(=O)O[C@@H]2c2ccccc2)cc1OC. The molecule has 146 valence electrons. The van der Waals surface area contributed by atoms with Gasteiger partial charge in [-0.05, 0) is 24.6 Å². The largest absolute Gasteiger partial charge is 0.493 e. The van der Waals surface area contributed by atoms with Crippen LogP contribution in [0.15, 0.2) is 48.5 Å². The lowest BCUT2D eigenvalue weighted by atomic mass is 9.94. The number of cyclic esters (lactones) is 1. The van der Waals surface area contributed by atoms with Crippen molar-refractivity contribution >= 4 is 17.5 Å². The number of Topliss-reactive ketones (excluding diaryl/α,β-unsaturated/α-hetero) is 1. The molecule has 0 saturated carbocycles. The maximum atomic E-state index is 12.3. The average Bonchev–Trinajstić information content (AvgIpc) is 3.04. The number of hydrogen-bond acceptors (Lipinski definition) is 5. The molecule has 1 aliphatic rings. The molecule has 2 atom stereocenters. The zero-order chi connectivity index (χ0) is 20.1. The molecule has 1 N–H and O–H groups in total. The second kappa shape index (κ2) is 8.69. The number of benzene rings is 2. The summed E-state index contributed by atoms with van der Waals surface area (Å²) in [5.74, 6) is -0.275. The number of rotatable bonds is 7. The molecule has 2 aromatic carbocycles. The van der Waals surface area contributed by atoms with Gasteiger partial charge < -0.3 is 14.2 Å². The van der Waals surface area contributed by atoms with E-state index in [1.165, 1.54) is 6.92 Å². The molecule has 3 rings (SSSR count). The molecule has 0 spiro atoms. The van der Waals surface area contributed by atoms with Gasteiger partial charge in [-0.15, -0.1) is 0 Å². The molecule has 6 heteroatoms. The summed E-state index contributed by atoms with van der Waals surface area (Å²) in [6, 6.07) is 15.2. The summed E-state index contributed by atoms with van der Waals surface area (Å²) in [6.45, 7) is 1.96. The van der Waals surface area contributed by atoms with Crippen LogP contribution in [-0.4, -0.2) is 38.2 Å². The molecule has 1 aliphatic heterocycles. The normalized spacial score (nSPS) is 20.1. The van der Waals surface area contributed by atoms with E-state index >= 15 is 0 Å². The highest BCUT2D eigenvalue weighted by Crippen LogP contribution is 2.30. The van der Waals surface area contributed by atoms with Crippen LogP contribution in [0, 0.1) is 5.92 Å². The molecule has 6 nitrogen and oxygen atoms in total. The van der Waals surface area contributed by atoms with Crippen LogP contribution in [0.5, 0.6) is 11.5 Å². The predicted octanol–water partition coefficient (Wildman–Crippen LogP) is 1.27. The van der Waals surface area contributed by atoms with E-state index in [4.69, 9.17) is 14.2 Å². The fraction of sp³-hybridized carbons (Fsp3) is 0.318. The maximum Gasteiger partial charge on any atom is 0.328 e. The Labute approximate surface area is 164 Å². The number of methoxy groups -OCH3 is 2. The third-order valence-corrected chi connectivity index (χ3v) is 4.76. The van der Waals surface area contributed by atoms with Gasteiger partial charge in [0.1, 0.15) is 6.54 Å². The lowest BCUT2D eigenvalue weighted by Crippen LogP contribution is -2.76. The number of ketones is 1. The van der Waals surface area contributed by atoms with Crippen molar-refractivity contribution in [2.45, 2.75) is 19.4 Å². The standard InChI is InChI=1S/C22H23NO5/c1-14(24)19-20(21(28-22(19)25)16-7-5-4-6-8-16)23-12-11-15-9-10-17(26-2)18(13-15)27-3/h4-10,13,19,21H,11-12H2,1-3H3/p+1/t19-,21+/m0/s1. The summed E-state index contributed by atoms with van der Waals surface area (Å²) in [6.07, 6.45) is 0.123. The summed E-state index contributed by atoms with van der Waals surface area (Å²) >= 11 is 0. The Hall–Kier alpha value is -3.15. The molecule has 1 saturated heterocycles. The van der Waals surface area contributed by atoms with E-state index in [-0.39, 0.29) is 5.78 Å². The van der Waals surface area contributed by atoms with Crippen molar-refractivity contribution in [1.29, 1.82) is 0 Å². The summed E-state index contributed by atoms with van der Waals surface area (Å²) in [4.78, 5) is 27.6.